The summed E-state index contributed by atoms with van der Waals surface area (Å²) in [4.78, 5) is 3.89. The summed E-state index contributed by atoms with van der Waals surface area (Å²) >= 11 is 3.12. The smallest absolute Gasteiger partial charge is 0.416 e. The number of aromatic nitrogens is 1. The maximum absolute atomic E-state index is 12.3. The Morgan fingerprint density at radius 1 is 1.33 bits per heavy atom. The summed E-state index contributed by atoms with van der Waals surface area (Å²) in [6.07, 6.45) is -4.35. The molecule has 1 aromatic carbocycles. The van der Waals surface area contributed by atoms with Crippen molar-refractivity contribution in [1.29, 1.82) is 0 Å². The van der Waals surface area contributed by atoms with E-state index in [1.165, 1.54) is 6.07 Å². The van der Waals surface area contributed by atoms with Crippen LogP contribution in [0, 0.1) is 0 Å². The minimum Gasteiger partial charge on any atom is -0.440 e. The van der Waals surface area contributed by atoms with Gasteiger partial charge in [-0.2, -0.15) is 13.2 Å². The van der Waals surface area contributed by atoms with Gasteiger partial charge < -0.3 is 4.42 Å². The Hall–Kier alpha value is -1.04. The molecule has 15 heavy (non-hydrogen) atoms. The Morgan fingerprint density at radius 2 is 2.07 bits per heavy atom. The quantitative estimate of drug-likeness (QED) is 0.744. The molecule has 0 amide bonds. The van der Waals surface area contributed by atoms with Crippen molar-refractivity contribution in [3.63, 3.8) is 0 Å². The van der Waals surface area contributed by atoms with Crippen molar-refractivity contribution in [1.82, 2.24) is 4.98 Å². The second kappa shape index (κ2) is 3.52. The van der Waals surface area contributed by atoms with Crippen molar-refractivity contribution >= 4 is 27.0 Å². The van der Waals surface area contributed by atoms with Gasteiger partial charge in [0.1, 0.15) is 5.52 Å². The lowest BCUT2D eigenvalue weighted by atomic mass is 10.2. The van der Waals surface area contributed by atoms with Crippen LogP contribution >= 0.6 is 15.9 Å². The normalized spacial score (nSPS) is 12.3. The van der Waals surface area contributed by atoms with Gasteiger partial charge in [0, 0.05) is 0 Å². The van der Waals surface area contributed by atoms with Gasteiger partial charge in [-0.3, -0.25) is 0 Å². The van der Waals surface area contributed by atoms with E-state index < -0.39 is 11.7 Å². The molecule has 1 aromatic heterocycles. The average Bonchev–Trinajstić information content (AvgIpc) is 2.57. The third kappa shape index (κ3) is 1.99. The topological polar surface area (TPSA) is 26.0 Å². The number of fused-ring (bicyclic) bond motifs is 1. The van der Waals surface area contributed by atoms with Gasteiger partial charge >= 0.3 is 6.18 Å². The molecule has 0 radical (unpaired) electrons. The van der Waals surface area contributed by atoms with Crippen LogP contribution in [0.25, 0.3) is 11.1 Å². The Balaban J connectivity index is 2.55. The molecular weight excluding hydrogens is 275 g/mol. The number of hydrogen-bond donors (Lipinski definition) is 0. The van der Waals surface area contributed by atoms with Crippen LogP contribution in [0.15, 0.2) is 22.6 Å². The van der Waals surface area contributed by atoms with Gasteiger partial charge in [0.05, 0.1) is 10.9 Å². The fraction of sp³-hybridized carbons (Fsp3) is 0.222. The first-order chi connectivity index (χ1) is 7.00. The molecule has 2 rings (SSSR count). The minimum atomic E-state index is -4.35. The van der Waals surface area contributed by atoms with Gasteiger partial charge in [0.15, 0.2) is 5.58 Å². The Labute approximate surface area is 91.2 Å². The highest BCUT2D eigenvalue weighted by Crippen LogP contribution is 2.31. The summed E-state index contributed by atoms with van der Waals surface area (Å²) in [5, 5.41) is 0.378. The minimum absolute atomic E-state index is 0.222. The molecule has 1 heterocycles. The molecule has 2 nitrogen and oxygen atoms in total. The molecule has 0 saturated carbocycles. The summed E-state index contributed by atoms with van der Waals surface area (Å²) in [5.74, 6) is 0.365. The highest BCUT2D eigenvalue weighted by atomic mass is 79.9. The molecule has 0 atom stereocenters. The SMILES string of the molecule is FC(F)(F)c1ccc2oc(CBr)nc2c1. The van der Waals surface area contributed by atoms with Gasteiger partial charge in [0.25, 0.3) is 0 Å². The van der Waals surface area contributed by atoms with Crippen LogP contribution in [-0.4, -0.2) is 4.98 Å². The molecule has 80 valence electrons. The monoisotopic (exact) mass is 279 g/mol. The third-order valence-electron chi connectivity index (χ3n) is 1.87. The lowest BCUT2D eigenvalue weighted by Crippen LogP contribution is -2.03. The number of rotatable bonds is 1. The molecule has 2 aromatic rings. The van der Waals surface area contributed by atoms with E-state index in [2.05, 4.69) is 20.9 Å². The van der Waals surface area contributed by atoms with Crippen LogP contribution in [0.5, 0.6) is 0 Å². The summed E-state index contributed by atoms with van der Waals surface area (Å²) in [6, 6.07) is 3.23. The number of halogens is 4. The lowest BCUT2D eigenvalue weighted by molar-refractivity contribution is -0.137. The summed E-state index contributed by atoms with van der Waals surface area (Å²) < 4.78 is 42.2. The van der Waals surface area contributed by atoms with Crippen LogP contribution in [0.2, 0.25) is 0 Å². The first-order valence-electron chi connectivity index (χ1n) is 4.03. The van der Waals surface area contributed by atoms with Gasteiger partial charge in [-0.25, -0.2) is 4.98 Å². The van der Waals surface area contributed by atoms with Crippen LogP contribution in [-0.2, 0) is 11.5 Å². The van der Waals surface area contributed by atoms with Gasteiger partial charge in [0.2, 0.25) is 5.89 Å². The fourth-order valence-corrected chi connectivity index (χ4v) is 1.45. The van der Waals surface area contributed by atoms with Gasteiger partial charge in [-0.15, -0.1) is 0 Å². The van der Waals surface area contributed by atoms with Crippen molar-refractivity contribution in [2.24, 2.45) is 0 Å². The zero-order valence-electron chi connectivity index (χ0n) is 7.31. The zero-order valence-corrected chi connectivity index (χ0v) is 8.89. The van der Waals surface area contributed by atoms with Crippen molar-refractivity contribution in [3.8, 4) is 0 Å². The molecule has 0 unspecified atom stereocenters. The number of oxazole rings is 1. The Bertz CT molecular complexity index is 492. The van der Waals surface area contributed by atoms with Crippen LogP contribution in [0.3, 0.4) is 0 Å². The highest BCUT2D eigenvalue weighted by Gasteiger charge is 2.30. The molecule has 0 bridgehead atoms. The second-order valence-corrected chi connectivity index (χ2v) is 3.48. The standard InChI is InChI=1S/C9H5BrF3NO/c10-4-8-14-6-3-5(9(11,12)13)1-2-7(6)15-8/h1-3H,4H2. The van der Waals surface area contributed by atoms with E-state index in [0.29, 0.717) is 16.8 Å². The maximum atomic E-state index is 12.3. The largest absolute Gasteiger partial charge is 0.440 e. The van der Waals surface area contributed by atoms with E-state index >= 15 is 0 Å². The highest BCUT2D eigenvalue weighted by molar-refractivity contribution is 9.08. The predicted octanol–water partition coefficient (Wildman–Crippen LogP) is 3.74. The second-order valence-electron chi connectivity index (χ2n) is 2.92. The molecular formula is C9H5BrF3NO. The average molecular weight is 280 g/mol. The third-order valence-corrected chi connectivity index (χ3v) is 2.35. The van der Waals surface area contributed by atoms with Crippen LogP contribution in [0.1, 0.15) is 11.5 Å². The molecule has 6 heteroatoms. The van der Waals surface area contributed by atoms with Crippen molar-refractivity contribution in [3.05, 3.63) is 29.7 Å². The summed E-state index contributed by atoms with van der Waals surface area (Å²) in [5.41, 5.74) is -0.138. The van der Waals surface area contributed by atoms with Crippen molar-refractivity contribution in [2.45, 2.75) is 11.5 Å². The van der Waals surface area contributed by atoms with Crippen molar-refractivity contribution in [2.75, 3.05) is 0 Å². The molecule has 0 aliphatic carbocycles. The maximum Gasteiger partial charge on any atom is 0.416 e. The fourth-order valence-electron chi connectivity index (χ4n) is 1.21. The number of alkyl halides is 4. The van der Waals surface area contributed by atoms with E-state index in [1.54, 1.807) is 0 Å². The predicted molar refractivity (Wildman–Crippen MR) is 51.6 cm³/mol. The van der Waals surface area contributed by atoms with E-state index in [4.69, 9.17) is 4.42 Å². The molecule has 0 aliphatic heterocycles. The van der Waals surface area contributed by atoms with Crippen LogP contribution in [0.4, 0.5) is 13.2 Å². The van der Waals surface area contributed by atoms with Gasteiger partial charge in [-0.05, 0) is 18.2 Å². The Morgan fingerprint density at radius 3 is 2.67 bits per heavy atom. The molecule has 0 N–H and O–H groups in total. The summed E-state index contributed by atoms with van der Waals surface area (Å²) in [6.45, 7) is 0. The molecule has 0 aliphatic rings. The molecule has 0 saturated heterocycles. The lowest BCUT2D eigenvalue weighted by Gasteiger charge is -2.04. The number of benzene rings is 1. The van der Waals surface area contributed by atoms with Crippen molar-refractivity contribution < 1.29 is 17.6 Å². The first-order valence-corrected chi connectivity index (χ1v) is 5.15. The van der Waals surface area contributed by atoms with E-state index in [9.17, 15) is 13.2 Å². The van der Waals surface area contributed by atoms with E-state index in [0.717, 1.165) is 12.1 Å². The molecule has 0 spiro atoms. The van der Waals surface area contributed by atoms with E-state index in [1.807, 2.05) is 0 Å². The van der Waals surface area contributed by atoms with Gasteiger partial charge in [-0.1, -0.05) is 15.9 Å². The first kappa shape index (κ1) is 10.5. The van der Waals surface area contributed by atoms with Crippen LogP contribution < -0.4 is 0 Å². The van der Waals surface area contributed by atoms with E-state index in [-0.39, 0.29) is 5.52 Å². The number of nitrogens with zero attached hydrogens (tertiary/aromatic N) is 1. The summed E-state index contributed by atoms with van der Waals surface area (Å²) in [7, 11) is 0. The Kier molecular flexibility index (Phi) is 2.46. The number of hydrogen-bond acceptors (Lipinski definition) is 2. The molecule has 0 fully saturated rings. The zero-order chi connectivity index (χ0) is 11.1.